The van der Waals surface area contributed by atoms with E-state index in [4.69, 9.17) is 10.5 Å². The molecular formula is C14H27N3O2. The smallest absolute Gasteiger partial charge is 0.224 e. The third kappa shape index (κ3) is 4.75. The molecule has 5 heteroatoms. The first-order valence-electron chi connectivity index (χ1n) is 7.35. The molecule has 0 aromatic rings. The van der Waals surface area contributed by atoms with Gasteiger partial charge < -0.3 is 15.4 Å². The van der Waals surface area contributed by atoms with E-state index in [1.54, 1.807) is 0 Å². The number of nitrogens with zero attached hydrogens (tertiary/aromatic N) is 2. The fourth-order valence-corrected chi connectivity index (χ4v) is 2.76. The van der Waals surface area contributed by atoms with Gasteiger partial charge in [0.1, 0.15) is 0 Å². The highest BCUT2D eigenvalue weighted by Crippen LogP contribution is 2.15. The number of rotatable bonds is 4. The summed E-state index contributed by atoms with van der Waals surface area (Å²) in [6.07, 6.45) is 3.21. The Kier molecular flexibility index (Phi) is 4.81. The number of carbonyl (C=O) groups excluding carboxylic acids is 1. The van der Waals surface area contributed by atoms with Crippen LogP contribution < -0.4 is 5.73 Å². The van der Waals surface area contributed by atoms with Gasteiger partial charge in [-0.3, -0.25) is 9.69 Å². The monoisotopic (exact) mass is 269 g/mol. The molecule has 1 atom stereocenters. The molecule has 0 saturated carbocycles. The maximum absolute atomic E-state index is 12.1. The fourth-order valence-electron chi connectivity index (χ4n) is 2.76. The maximum atomic E-state index is 12.1. The third-order valence-electron chi connectivity index (χ3n) is 3.82. The second kappa shape index (κ2) is 6.20. The van der Waals surface area contributed by atoms with E-state index in [2.05, 4.69) is 4.90 Å². The van der Waals surface area contributed by atoms with Gasteiger partial charge in [0.25, 0.3) is 0 Å². The van der Waals surface area contributed by atoms with Crippen molar-refractivity contribution >= 4 is 5.91 Å². The fraction of sp³-hybridized carbons (Fsp3) is 0.929. The van der Waals surface area contributed by atoms with E-state index < -0.39 is 5.54 Å². The zero-order valence-electron chi connectivity index (χ0n) is 12.2. The summed E-state index contributed by atoms with van der Waals surface area (Å²) in [6, 6.07) is 0. The lowest BCUT2D eigenvalue weighted by Crippen LogP contribution is -2.52. The zero-order valence-corrected chi connectivity index (χ0v) is 12.2. The van der Waals surface area contributed by atoms with Gasteiger partial charge >= 0.3 is 0 Å². The SMILES string of the molecule is CC(C)(N)CC(=O)N1CCN(CC2CCCO2)CC1. The maximum Gasteiger partial charge on any atom is 0.224 e. The van der Waals surface area contributed by atoms with Crippen LogP contribution in [0.3, 0.4) is 0 Å². The highest BCUT2D eigenvalue weighted by Gasteiger charge is 2.26. The standard InChI is InChI=1S/C14H27N3O2/c1-14(2,15)10-13(18)17-7-5-16(6-8-17)11-12-4-3-9-19-12/h12H,3-11,15H2,1-2H3. The first kappa shape index (κ1) is 14.8. The highest BCUT2D eigenvalue weighted by molar-refractivity contribution is 5.77. The van der Waals surface area contributed by atoms with Crippen LogP contribution in [-0.2, 0) is 9.53 Å². The Labute approximate surface area is 116 Å². The van der Waals surface area contributed by atoms with E-state index in [-0.39, 0.29) is 5.91 Å². The van der Waals surface area contributed by atoms with Crippen molar-refractivity contribution in [1.82, 2.24) is 9.80 Å². The Morgan fingerprint density at radius 3 is 2.53 bits per heavy atom. The molecule has 0 aliphatic carbocycles. The molecule has 2 fully saturated rings. The Balaban J connectivity index is 1.71. The summed E-state index contributed by atoms with van der Waals surface area (Å²) in [5, 5.41) is 0. The molecule has 2 heterocycles. The number of ether oxygens (including phenoxy) is 1. The van der Waals surface area contributed by atoms with E-state index in [0.717, 1.165) is 39.3 Å². The second-order valence-electron chi connectivity index (χ2n) is 6.48. The molecule has 0 aromatic heterocycles. The van der Waals surface area contributed by atoms with Crippen LogP contribution in [0.25, 0.3) is 0 Å². The Morgan fingerprint density at radius 2 is 2.00 bits per heavy atom. The molecule has 0 radical (unpaired) electrons. The van der Waals surface area contributed by atoms with Crippen LogP contribution in [0.2, 0.25) is 0 Å². The van der Waals surface area contributed by atoms with Crippen LogP contribution in [0.15, 0.2) is 0 Å². The molecule has 0 aromatic carbocycles. The van der Waals surface area contributed by atoms with E-state index in [0.29, 0.717) is 12.5 Å². The highest BCUT2D eigenvalue weighted by atomic mass is 16.5. The molecule has 5 nitrogen and oxygen atoms in total. The number of amides is 1. The van der Waals surface area contributed by atoms with Gasteiger partial charge in [0.15, 0.2) is 0 Å². The lowest BCUT2D eigenvalue weighted by atomic mass is 10.0. The predicted molar refractivity (Wildman–Crippen MR) is 74.9 cm³/mol. The molecule has 1 unspecified atom stereocenters. The first-order valence-corrected chi connectivity index (χ1v) is 7.35. The lowest BCUT2D eigenvalue weighted by Gasteiger charge is -2.36. The van der Waals surface area contributed by atoms with Gasteiger partial charge in [0.05, 0.1) is 6.10 Å². The van der Waals surface area contributed by atoms with Gasteiger partial charge in [-0.2, -0.15) is 0 Å². The predicted octanol–water partition coefficient (Wildman–Crippen LogP) is 0.437. The van der Waals surface area contributed by atoms with Gasteiger partial charge in [-0.25, -0.2) is 0 Å². The van der Waals surface area contributed by atoms with Crippen molar-refractivity contribution in [2.24, 2.45) is 5.73 Å². The molecule has 1 amide bonds. The van der Waals surface area contributed by atoms with Gasteiger partial charge in [0, 0.05) is 51.3 Å². The number of hydrogen-bond acceptors (Lipinski definition) is 4. The molecule has 19 heavy (non-hydrogen) atoms. The minimum atomic E-state index is -0.411. The number of carbonyl (C=O) groups is 1. The zero-order chi connectivity index (χ0) is 13.9. The van der Waals surface area contributed by atoms with Crippen molar-refractivity contribution in [1.29, 1.82) is 0 Å². The average Bonchev–Trinajstić information content (AvgIpc) is 2.80. The summed E-state index contributed by atoms with van der Waals surface area (Å²) in [5.74, 6) is 0.185. The topological polar surface area (TPSA) is 58.8 Å². The Morgan fingerprint density at radius 1 is 1.32 bits per heavy atom. The molecule has 0 spiro atoms. The summed E-state index contributed by atoms with van der Waals surface area (Å²) < 4.78 is 5.66. The first-order chi connectivity index (χ1) is 8.94. The van der Waals surface area contributed by atoms with Crippen molar-refractivity contribution in [3.8, 4) is 0 Å². The third-order valence-corrected chi connectivity index (χ3v) is 3.82. The summed E-state index contributed by atoms with van der Waals surface area (Å²) in [5.41, 5.74) is 5.49. The van der Waals surface area contributed by atoms with E-state index in [1.165, 1.54) is 12.8 Å². The minimum absolute atomic E-state index is 0.185. The van der Waals surface area contributed by atoms with Gasteiger partial charge in [-0.15, -0.1) is 0 Å². The van der Waals surface area contributed by atoms with E-state index in [9.17, 15) is 4.79 Å². The Hall–Kier alpha value is -0.650. The Bertz CT molecular complexity index is 300. The van der Waals surface area contributed by atoms with Crippen molar-refractivity contribution in [3.05, 3.63) is 0 Å². The largest absolute Gasteiger partial charge is 0.377 e. The second-order valence-corrected chi connectivity index (χ2v) is 6.48. The van der Waals surface area contributed by atoms with Crippen molar-refractivity contribution in [2.45, 2.75) is 44.8 Å². The lowest BCUT2D eigenvalue weighted by molar-refractivity contribution is -0.134. The molecule has 2 aliphatic heterocycles. The van der Waals surface area contributed by atoms with Crippen molar-refractivity contribution < 1.29 is 9.53 Å². The molecule has 2 N–H and O–H groups in total. The van der Waals surface area contributed by atoms with Crippen LogP contribution >= 0.6 is 0 Å². The average molecular weight is 269 g/mol. The summed E-state index contributed by atoms with van der Waals surface area (Å²) in [6.45, 7) is 9.28. The van der Waals surface area contributed by atoms with Gasteiger partial charge in [0.2, 0.25) is 5.91 Å². The molecule has 2 rings (SSSR count). The van der Waals surface area contributed by atoms with Crippen LogP contribution in [0, 0.1) is 0 Å². The number of hydrogen-bond donors (Lipinski definition) is 1. The van der Waals surface area contributed by atoms with Crippen molar-refractivity contribution in [2.75, 3.05) is 39.3 Å². The normalized spacial score (nSPS) is 25.8. The number of nitrogens with two attached hydrogens (primary N) is 1. The summed E-state index contributed by atoms with van der Waals surface area (Å²) in [7, 11) is 0. The van der Waals surface area contributed by atoms with Crippen LogP contribution in [-0.4, -0.2) is 66.7 Å². The molecule has 2 aliphatic rings. The van der Waals surface area contributed by atoms with Crippen LogP contribution in [0.5, 0.6) is 0 Å². The van der Waals surface area contributed by atoms with Crippen molar-refractivity contribution in [3.63, 3.8) is 0 Å². The summed E-state index contributed by atoms with van der Waals surface area (Å²) in [4.78, 5) is 16.4. The van der Waals surface area contributed by atoms with Crippen LogP contribution in [0.4, 0.5) is 0 Å². The minimum Gasteiger partial charge on any atom is -0.377 e. The summed E-state index contributed by atoms with van der Waals surface area (Å²) >= 11 is 0. The molecule has 0 bridgehead atoms. The van der Waals surface area contributed by atoms with Gasteiger partial charge in [-0.1, -0.05) is 0 Å². The van der Waals surface area contributed by atoms with E-state index in [1.807, 2.05) is 18.7 Å². The van der Waals surface area contributed by atoms with Gasteiger partial charge in [-0.05, 0) is 26.7 Å². The quantitative estimate of drug-likeness (QED) is 0.804. The number of piperazine rings is 1. The molecule has 2 saturated heterocycles. The van der Waals surface area contributed by atoms with E-state index >= 15 is 0 Å². The van der Waals surface area contributed by atoms with Crippen LogP contribution in [0.1, 0.15) is 33.1 Å². The molecule has 110 valence electrons. The molecular weight excluding hydrogens is 242 g/mol.